The quantitative estimate of drug-likeness (QED) is 0.0931. The highest BCUT2D eigenvalue weighted by Crippen LogP contribution is 2.22. The predicted octanol–water partition coefficient (Wildman–Crippen LogP) is 8.53. The normalized spacial score (nSPS) is 10.4. The SMILES string of the molecule is CC#Cc1cn(C)c(=O)c2c(C)cccc12.Cc1ccc2ccn(C)c(=O)c2c1.Cc1cccc2ccn(C)c(=O)c12.Cn1cc2c(N)ncnc2n1.Cn1ccc([N+](=O)[O-])c1.Cn1ccc2cc([N+](=O)[O-])ccc21.Cn1cnc2c(=O)[nH]cnc21. The molecule has 438 valence electrons. The topological polar surface area (TPSA) is 295 Å². The number of nitrogens with one attached hydrogen (secondary N) is 1. The number of H-pyrrole nitrogens is 1. The number of aryl methyl sites for hydroxylation is 10. The van der Waals surface area contributed by atoms with Gasteiger partial charge >= 0.3 is 0 Å². The summed E-state index contributed by atoms with van der Waals surface area (Å²) < 4.78 is 11.7. The van der Waals surface area contributed by atoms with Crippen LogP contribution in [-0.4, -0.2) is 71.9 Å². The van der Waals surface area contributed by atoms with E-state index in [-0.39, 0.29) is 38.5 Å². The third-order valence-electron chi connectivity index (χ3n) is 13.3. The van der Waals surface area contributed by atoms with Crippen LogP contribution in [0.3, 0.4) is 0 Å². The molecule has 0 aliphatic carbocycles. The van der Waals surface area contributed by atoms with Crippen molar-refractivity contribution in [3.63, 3.8) is 0 Å². The van der Waals surface area contributed by atoms with Crippen molar-refractivity contribution in [2.75, 3.05) is 5.73 Å². The average Bonchev–Trinajstić information content (AvgIpc) is 2.47. The van der Waals surface area contributed by atoms with Crippen LogP contribution in [0.2, 0.25) is 0 Å². The summed E-state index contributed by atoms with van der Waals surface area (Å²) in [6.07, 6.45) is 16.5. The molecular weight excluding hydrogens is 1100 g/mol. The number of nitrogen functional groups attached to an aromatic ring is 1. The van der Waals surface area contributed by atoms with Gasteiger partial charge in [0.05, 0.1) is 44.9 Å². The fourth-order valence-corrected chi connectivity index (χ4v) is 8.82. The van der Waals surface area contributed by atoms with E-state index in [1.54, 1.807) is 119 Å². The minimum Gasteiger partial charge on any atom is -0.383 e. The third kappa shape index (κ3) is 14.7. The molecule has 0 saturated carbocycles. The van der Waals surface area contributed by atoms with Gasteiger partial charge in [0.15, 0.2) is 16.8 Å². The zero-order chi connectivity index (χ0) is 62.5. The number of nitro groups is 2. The average molecular weight is 1160 g/mol. The third-order valence-corrected chi connectivity index (χ3v) is 13.3. The summed E-state index contributed by atoms with van der Waals surface area (Å²) in [6.45, 7) is 7.70. The summed E-state index contributed by atoms with van der Waals surface area (Å²) in [5.41, 5.74) is 12.5. The number of nitrogens with two attached hydrogens (primary N) is 1. The molecule has 0 unspecified atom stereocenters. The Kier molecular flexibility index (Phi) is 19.8. The molecule has 0 aliphatic heterocycles. The molecule has 0 radical (unpaired) electrons. The lowest BCUT2D eigenvalue weighted by Gasteiger charge is -2.06. The number of nitro benzene ring substituents is 1. The molecule has 0 atom stereocenters. The first-order valence-corrected chi connectivity index (χ1v) is 26.3. The number of hydrogen-bond acceptors (Lipinski definition) is 14. The van der Waals surface area contributed by atoms with E-state index in [0.29, 0.717) is 22.6 Å². The number of nitrogens with zero attached hydrogens (tertiary/aromatic N) is 14. The van der Waals surface area contributed by atoms with Crippen LogP contribution >= 0.6 is 0 Å². The van der Waals surface area contributed by atoms with Crippen molar-refractivity contribution >= 4 is 82.6 Å². The number of pyridine rings is 3. The fraction of sp³-hybridized carbons (Fsp3) is 0.177. The smallest absolute Gasteiger partial charge is 0.286 e. The molecule has 0 bridgehead atoms. The summed E-state index contributed by atoms with van der Waals surface area (Å²) in [7, 11) is 12.6. The fourth-order valence-electron chi connectivity index (χ4n) is 8.82. The minimum absolute atomic E-state index is 0.0368. The lowest BCUT2D eigenvalue weighted by Crippen LogP contribution is -2.17. The molecule has 86 heavy (non-hydrogen) atoms. The molecule has 0 amide bonds. The van der Waals surface area contributed by atoms with Crippen LogP contribution < -0.4 is 28.0 Å². The van der Waals surface area contributed by atoms with Crippen LogP contribution in [0.5, 0.6) is 0 Å². The van der Waals surface area contributed by atoms with Crippen LogP contribution in [0.25, 0.3) is 65.4 Å². The Bertz CT molecular complexity index is 4950. The second kappa shape index (κ2) is 27.4. The van der Waals surface area contributed by atoms with Crippen molar-refractivity contribution in [1.82, 2.24) is 62.1 Å². The molecule has 0 saturated heterocycles. The van der Waals surface area contributed by atoms with Crippen LogP contribution in [0.15, 0.2) is 179 Å². The highest BCUT2D eigenvalue weighted by Gasteiger charge is 2.10. The van der Waals surface area contributed by atoms with E-state index in [4.69, 9.17) is 5.73 Å². The lowest BCUT2D eigenvalue weighted by atomic mass is 10.0. The van der Waals surface area contributed by atoms with Gasteiger partial charge in [-0.15, -0.1) is 5.92 Å². The van der Waals surface area contributed by atoms with Gasteiger partial charge in [0.25, 0.3) is 33.6 Å². The van der Waals surface area contributed by atoms with E-state index < -0.39 is 4.92 Å². The zero-order valence-corrected chi connectivity index (χ0v) is 49.1. The maximum Gasteiger partial charge on any atom is 0.286 e. The zero-order valence-electron chi connectivity index (χ0n) is 49.1. The van der Waals surface area contributed by atoms with E-state index in [0.717, 1.165) is 70.9 Å². The number of benzene rings is 4. The maximum absolute atomic E-state index is 12.0. The molecule has 3 N–H and O–H groups in total. The summed E-state index contributed by atoms with van der Waals surface area (Å²) >= 11 is 0. The molecule has 24 nitrogen and oxygen atoms in total. The van der Waals surface area contributed by atoms with Gasteiger partial charge in [0.2, 0.25) is 0 Å². The lowest BCUT2D eigenvalue weighted by molar-refractivity contribution is -0.384. The van der Waals surface area contributed by atoms with Gasteiger partial charge in [0.1, 0.15) is 12.1 Å². The number of aromatic amines is 1. The van der Waals surface area contributed by atoms with Crippen LogP contribution in [-0.2, 0) is 49.3 Å². The van der Waals surface area contributed by atoms with Crippen molar-refractivity contribution in [1.29, 1.82) is 0 Å². The monoisotopic (exact) mass is 1160 g/mol. The predicted molar refractivity (Wildman–Crippen MR) is 336 cm³/mol. The Morgan fingerprint density at radius 1 is 0.570 bits per heavy atom. The summed E-state index contributed by atoms with van der Waals surface area (Å²) in [6, 6.07) is 29.8. The highest BCUT2D eigenvalue weighted by atomic mass is 16.6. The van der Waals surface area contributed by atoms with Crippen LogP contribution in [0.4, 0.5) is 17.2 Å². The molecular formula is C62H62N16O8. The molecule has 9 aromatic heterocycles. The van der Waals surface area contributed by atoms with E-state index >= 15 is 0 Å². The molecule has 13 aromatic rings. The van der Waals surface area contributed by atoms with Gasteiger partial charge < -0.3 is 38.1 Å². The second-order valence-corrected chi connectivity index (χ2v) is 19.7. The Hall–Kier alpha value is -11.6. The number of non-ortho nitro benzene ring substituents is 1. The van der Waals surface area contributed by atoms with Crippen LogP contribution in [0.1, 0.15) is 29.2 Å². The Morgan fingerprint density at radius 3 is 1.87 bits per heavy atom. The molecule has 24 heteroatoms. The summed E-state index contributed by atoms with van der Waals surface area (Å²) in [4.78, 5) is 84.1. The van der Waals surface area contributed by atoms with E-state index in [1.165, 1.54) is 31.0 Å². The first-order valence-electron chi connectivity index (χ1n) is 26.3. The Labute approximate surface area is 490 Å². The van der Waals surface area contributed by atoms with Gasteiger partial charge in [-0.25, -0.2) is 19.9 Å². The van der Waals surface area contributed by atoms with E-state index in [1.807, 2.05) is 118 Å². The first kappa shape index (κ1) is 62.0. The van der Waals surface area contributed by atoms with E-state index in [9.17, 15) is 39.4 Å². The summed E-state index contributed by atoms with van der Waals surface area (Å²) in [5, 5.41) is 31.6. The molecule has 0 aliphatic rings. The Balaban J connectivity index is 0.000000144. The maximum atomic E-state index is 12.0. The Morgan fingerprint density at radius 2 is 1.22 bits per heavy atom. The van der Waals surface area contributed by atoms with Gasteiger partial charge in [-0.3, -0.25) is 44.1 Å². The number of imidazole rings is 1. The number of hydrogen-bond donors (Lipinski definition) is 2. The van der Waals surface area contributed by atoms with Crippen molar-refractivity contribution in [2.24, 2.45) is 49.3 Å². The largest absolute Gasteiger partial charge is 0.383 e. The van der Waals surface area contributed by atoms with Gasteiger partial charge in [0, 0.05) is 132 Å². The minimum atomic E-state index is -0.417. The van der Waals surface area contributed by atoms with Crippen LogP contribution in [0, 0.1) is 52.8 Å². The van der Waals surface area contributed by atoms with Gasteiger partial charge in [-0.1, -0.05) is 60.0 Å². The highest BCUT2D eigenvalue weighted by molar-refractivity contribution is 5.90. The number of rotatable bonds is 2. The summed E-state index contributed by atoms with van der Waals surface area (Å²) in [5.74, 6) is 6.39. The van der Waals surface area contributed by atoms with Crippen molar-refractivity contribution < 1.29 is 9.85 Å². The molecule has 0 spiro atoms. The number of aromatic nitrogens is 13. The first-order chi connectivity index (χ1) is 41.0. The number of anilines is 1. The molecule has 9 heterocycles. The van der Waals surface area contributed by atoms with Crippen molar-refractivity contribution in [3.05, 3.63) is 243 Å². The van der Waals surface area contributed by atoms with Gasteiger partial charge in [-0.2, -0.15) is 5.10 Å². The van der Waals surface area contributed by atoms with E-state index in [2.05, 4.69) is 41.9 Å². The molecule has 0 fully saturated rings. The van der Waals surface area contributed by atoms with Crippen molar-refractivity contribution in [3.8, 4) is 11.8 Å². The molecule has 13 rings (SSSR count). The van der Waals surface area contributed by atoms with Gasteiger partial charge in [-0.05, 0) is 79.9 Å². The second-order valence-electron chi connectivity index (χ2n) is 19.7. The van der Waals surface area contributed by atoms with Crippen molar-refractivity contribution in [2.45, 2.75) is 27.7 Å². The number of fused-ring (bicyclic) bond motifs is 6. The standard InChI is InChI=1S/C14H13NO.2C11H11NO.C9H8N2O2.C6H7N5.C6H6N4O.C5H6N2O2/c1-4-6-11-9-15(3)14(16)13-10(2)7-5-8-12(11)13;1-8-3-4-9-5-6-12(2)11(13)10(9)7-8;1-8-4-3-5-9-6-7-12(2)11(13)10(8)9;1-10-5-4-7-6-8(11(12)13)2-3-9(7)10;1-11-2-4-5(7)8-3-9-6(4)10-11;1-10-3-9-4-5(10)7-2-8-6(4)11;1-6-3-2-5(4-6)7(8)9/h5,7-9H,1-3H3;2*3-7H,1-2H3;2-6H,1H3;2-3H,1H3,(H2,7,8,9,10);2-3H,1H3,(H,7,8,11);2-4H,1H3. The molecule has 4 aromatic carbocycles.